The summed E-state index contributed by atoms with van der Waals surface area (Å²) in [6.45, 7) is 19.1. The fraction of sp³-hybridized carbons (Fsp3) is 0.944. The third kappa shape index (κ3) is 8.97. The van der Waals surface area contributed by atoms with Crippen LogP contribution in [0.2, 0.25) is 0 Å². The van der Waals surface area contributed by atoms with Gasteiger partial charge in [0.15, 0.2) is 0 Å². The average molecular weight is 343 g/mol. The standard InChI is InChI=1S/C18H38N4O2/c1-4-8-21-14-12-19(5-2)10-11-20(6-3)13-15-22(17-16-21)9-7-18(23)24/h4-17H2,1-3H3,(H,23,24). The molecule has 0 atom stereocenters. The van der Waals surface area contributed by atoms with Crippen LogP contribution in [0.5, 0.6) is 0 Å². The molecule has 6 nitrogen and oxygen atoms in total. The summed E-state index contributed by atoms with van der Waals surface area (Å²) in [5, 5.41) is 8.99. The molecule has 0 amide bonds. The number of rotatable bonds is 7. The van der Waals surface area contributed by atoms with Gasteiger partial charge in [-0.05, 0) is 26.1 Å². The molecule has 1 heterocycles. The van der Waals surface area contributed by atoms with Crippen LogP contribution in [0.3, 0.4) is 0 Å². The number of hydrogen-bond donors (Lipinski definition) is 1. The molecule has 0 radical (unpaired) electrons. The molecule has 1 fully saturated rings. The van der Waals surface area contributed by atoms with Gasteiger partial charge in [-0.1, -0.05) is 20.8 Å². The lowest BCUT2D eigenvalue weighted by atomic mass is 10.3. The van der Waals surface area contributed by atoms with Gasteiger partial charge in [0.05, 0.1) is 6.42 Å². The fourth-order valence-corrected chi connectivity index (χ4v) is 3.23. The van der Waals surface area contributed by atoms with Gasteiger partial charge in [-0.15, -0.1) is 0 Å². The Morgan fingerprint density at radius 1 is 0.708 bits per heavy atom. The van der Waals surface area contributed by atoms with Crippen molar-refractivity contribution in [1.82, 2.24) is 19.6 Å². The topological polar surface area (TPSA) is 50.3 Å². The Hall–Kier alpha value is -0.690. The quantitative estimate of drug-likeness (QED) is 0.749. The lowest BCUT2D eigenvalue weighted by Gasteiger charge is -2.33. The summed E-state index contributed by atoms with van der Waals surface area (Å²) >= 11 is 0. The zero-order valence-corrected chi connectivity index (χ0v) is 16.0. The first-order valence-corrected chi connectivity index (χ1v) is 9.70. The van der Waals surface area contributed by atoms with Crippen LogP contribution in [-0.4, -0.2) is 109 Å². The van der Waals surface area contributed by atoms with Gasteiger partial charge in [-0.2, -0.15) is 0 Å². The number of carboxylic acid groups (broad SMARTS) is 1. The molecule has 142 valence electrons. The first kappa shape index (κ1) is 21.4. The van der Waals surface area contributed by atoms with Crippen LogP contribution in [0, 0.1) is 0 Å². The molecule has 0 unspecified atom stereocenters. The Morgan fingerprint density at radius 2 is 1.08 bits per heavy atom. The maximum atomic E-state index is 10.9. The Balaban J connectivity index is 2.67. The second-order valence-corrected chi connectivity index (χ2v) is 6.70. The van der Waals surface area contributed by atoms with E-state index in [9.17, 15) is 4.79 Å². The molecule has 1 aliphatic heterocycles. The second-order valence-electron chi connectivity index (χ2n) is 6.70. The van der Waals surface area contributed by atoms with Crippen LogP contribution in [0.25, 0.3) is 0 Å². The second kappa shape index (κ2) is 12.6. The third-order valence-electron chi connectivity index (χ3n) is 5.01. The number of nitrogens with zero attached hydrogens (tertiary/aromatic N) is 4. The number of likely N-dealkylation sites (N-methyl/N-ethyl adjacent to an activating group) is 2. The molecule has 0 saturated carbocycles. The van der Waals surface area contributed by atoms with Gasteiger partial charge in [0.1, 0.15) is 0 Å². The zero-order valence-electron chi connectivity index (χ0n) is 16.0. The molecule has 1 aliphatic rings. The Labute approximate surface area is 148 Å². The Kier molecular flexibility index (Phi) is 11.2. The lowest BCUT2D eigenvalue weighted by Crippen LogP contribution is -2.46. The number of carbonyl (C=O) groups is 1. The van der Waals surface area contributed by atoms with E-state index in [4.69, 9.17) is 5.11 Å². The maximum absolute atomic E-state index is 10.9. The first-order chi connectivity index (χ1) is 11.6. The van der Waals surface area contributed by atoms with Crippen LogP contribution >= 0.6 is 0 Å². The summed E-state index contributed by atoms with van der Waals surface area (Å²) in [6, 6.07) is 0. The minimum atomic E-state index is -0.697. The number of carboxylic acids is 1. The van der Waals surface area contributed by atoms with Crippen molar-refractivity contribution < 1.29 is 9.90 Å². The molecule has 1 saturated heterocycles. The predicted molar refractivity (Wildman–Crippen MR) is 99.7 cm³/mol. The van der Waals surface area contributed by atoms with E-state index in [1.165, 1.54) is 6.42 Å². The molecule has 6 heteroatoms. The summed E-state index contributed by atoms with van der Waals surface area (Å²) in [4.78, 5) is 20.8. The van der Waals surface area contributed by atoms with E-state index in [0.717, 1.165) is 72.0 Å². The zero-order chi connectivity index (χ0) is 17.8. The van der Waals surface area contributed by atoms with Crippen molar-refractivity contribution in [3.8, 4) is 0 Å². The van der Waals surface area contributed by atoms with Crippen molar-refractivity contribution in [2.75, 3.05) is 78.5 Å². The van der Waals surface area contributed by atoms with Crippen LogP contribution < -0.4 is 0 Å². The summed E-state index contributed by atoms with van der Waals surface area (Å²) in [5.41, 5.74) is 0. The summed E-state index contributed by atoms with van der Waals surface area (Å²) in [5.74, 6) is -0.697. The molecular weight excluding hydrogens is 304 g/mol. The number of hydrogen-bond acceptors (Lipinski definition) is 5. The highest BCUT2D eigenvalue weighted by Gasteiger charge is 2.15. The molecular formula is C18H38N4O2. The SMILES string of the molecule is CCCN1CCN(CC)CCN(CC)CCN(CCC(=O)O)CC1. The van der Waals surface area contributed by atoms with E-state index in [1.54, 1.807) is 0 Å². The first-order valence-electron chi connectivity index (χ1n) is 9.70. The van der Waals surface area contributed by atoms with Crippen LogP contribution in [0.1, 0.15) is 33.6 Å². The molecule has 1 N–H and O–H groups in total. The largest absolute Gasteiger partial charge is 0.481 e. The highest BCUT2D eigenvalue weighted by molar-refractivity contribution is 5.66. The van der Waals surface area contributed by atoms with Crippen LogP contribution in [0.4, 0.5) is 0 Å². The Bertz CT molecular complexity index is 341. The van der Waals surface area contributed by atoms with Gasteiger partial charge in [-0.25, -0.2) is 0 Å². The lowest BCUT2D eigenvalue weighted by molar-refractivity contribution is -0.137. The average Bonchev–Trinajstić information content (AvgIpc) is 2.56. The molecule has 0 aromatic rings. The highest BCUT2D eigenvalue weighted by atomic mass is 16.4. The van der Waals surface area contributed by atoms with Crippen molar-refractivity contribution in [3.63, 3.8) is 0 Å². The fourth-order valence-electron chi connectivity index (χ4n) is 3.23. The van der Waals surface area contributed by atoms with Crippen molar-refractivity contribution in [2.24, 2.45) is 0 Å². The Morgan fingerprint density at radius 3 is 1.42 bits per heavy atom. The normalized spacial score (nSPS) is 21.3. The predicted octanol–water partition coefficient (Wildman–Crippen LogP) is 1.13. The van der Waals surface area contributed by atoms with Crippen LogP contribution in [-0.2, 0) is 4.79 Å². The van der Waals surface area contributed by atoms with Crippen molar-refractivity contribution in [2.45, 2.75) is 33.6 Å². The minimum Gasteiger partial charge on any atom is -0.481 e. The van der Waals surface area contributed by atoms with E-state index < -0.39 is 5.97 Å². The third-order valence-corrected chi connectivity index (χ3v) is 5.01. The smallest absolute Gasteiger partial charge is 0.304 e. The van der Waals surface area contributed by atoms with Gasteiger partial charge in [0.25, 0.3) is 0 Å². The van der Waals surface area contributed by atoms with Gasteiger partial charge < -0.3 is 24.7 Å². The molecule has 0 bridgehead atoms. The van der Waals surface area contributed by atoms with E-state index >= 15 is 0 Å². The van der Waals surface area contributed by atoms with Gasteiger partial charge in [-0.3, -0.25) is 4.79 Å². The molecule has 0 aromatic carbocycles. The minimum absolute atomic E-state index is 0.240. The van der Waals surface area contributed by atoms with Gasteiger partial charge in [0, 0.05) is 58.9 Å². The van der Waals surface area contributed by atoms with Crippen molar-refractivity contribution >= 4 is 5.97 Å². The number of aliphatic carboxylic acids is 1. The highest BCUT2D eigenvalue weighted by Crippen LogP contribution is 2.02. The molecule has 24 heavy (non-hydrogen) atoms. The monoisotopic (exact) mass is 342 g/mol. The molecule has 0 aromatic heterocycles. The van der Waals surface area contributed by atoms with E-state index in [-0.39, 0.29) is 6.42 Å². The summed E-state index contributed by atoms with van der Waals surface area (Å²) in [7, 11) is 0. The molecule has 1 rings (SSSR count). The van der Waals surface area contributed by atoms with Crippen LogP contribution in [0.15, 0.2) is 0 Å². The summed E-state index contributed by atoms with van der Waals surface area (Å²) in [6.07, 6.45) is 1.41. The maximum Gasteiger partial charge on any atom is 0.304 e. The molecule has 0 spiro atoms. The van der Waals surface area contributed by atoms with E-state index in [0.29, 0.717) is 6.54 Å². The van der Waals surface area contributed by atoms with E-state index in [2.05, 4.69) is 40.4 Å². The summed E-state index contributed by atoms with van der Waals surface area (Å²) < 4.78 is 0. The van der Waals surface area contributed by atoms with Gasteiger partial charge in [0.2, 0.25) is 0 Å². The van der Waals surface area contributed by atoms with E-state index in [1.807, 2.05) is 0 Å². The van der Waals surface area contributed by atoms with Crippen molar-refractivity contribution in [3.05, 3.63) is 0 Å². The van der Waals surface area contributed by atoms with Gasteiger partial charge >= 0.3 is 5.97 Å². The van der Waals surface area contributed by atoms with Crippen molar-refractivity contribution in [1.29, 1.82) is 0 Å². The molecule has 0 aliphatic carbocycles.